The number of rotatable bonds is 1. The summed E-state index contributed by atoms with van der Waals surface area (Å²) in [6, 6.07) is 4.44. The molecular formula is C9H5BrNNaO5. The van der Waals surface area contributed by atoms with E-state index < -0.39 is 22.0 Å². The molecule has 2 aromatic rings. The molecule has 1 aromatic carbocycles. The Kier molecular flexibility index (Phi) is 4.31. The van der Waals surface area contributed by atoms with Gasteiger partial charge in [0.2, 0.25) is 5.75 Å². The van der Waals surface area contributed by atoms with Gasteiger partial charge in [-0.25, -0.2) is 4.79 Å². The minimum atomic E-state index is -1.17. The number of halogens is 1. The fourth-order valence-electron chi connectivity index (χ4n) is 1.31. The Morgan fingerprint density at radius 3 is 2.65 bits per heavy atom. The Morgan fingerprint density at radius 1 is 1.41 bits per heavy atom. The summed E-state index contributed by atoms with van der Waals surface area (Å²) >= 11 is 3.15. The van der Waals surface area contributed by atoms with Crippen molar-refractivity contribution in [2.45, 2.75) is 0 Å². The first-order chi connectivity index (χ1) is 7.50. The van der Waals surface area contributed by atoms with E-state index in [1.54, 1.807) is 6.07 Å². The van der Waals surface area contributed by atoms with Gasteiger partial charge in [0.15, 0.2) is 0 Å². The molecule has 1 N–H and O–H groups in total. The molecule has 84 valence electrons. The Bertz CT molecular complexity index is 654. The van der Waals surface area contributed by atoms with Crippen LogP contribution in [0.2, 0.25) is 0 Å². The van der Waals surface area contributed by atoms with E-state index in [1.807, 2.05) is 0 Å². The van der Waals surface area contributed by atoms with Crippen molar-refractivity contribution in [3.05, 3.63) is 43.2 Å². The third-order valence-electron chi connectivity index (χ3n) is 2.00. The van der Waals surface area contributed by atoms with Crippen molar-refractivity contribution >= 4 is 62.1 Å². The van der Waals surface area contributed by atoms with Crippen LogP contribution in [0, 0.1) is 10.1 Å². The first kappa shape index (κ1) is 14.2. The van der Waals surface area contributed by atoms with Gasteiger partial charge in [0.1, 0.15) is 5.58 Å². The van der Waals surface area contributed by atoms with Crippen LogP contribution >= 0.6 is 15.9 Å². The Labute approximate surface area is 125 Å². The second-order valence-corrected chi connectivity index (χ2v) is 3.90. The van der Waals surface area contributed by atoms with Crippen LogP contribution in [-0.2, 0) is 0 Å². The van der Waals surface area contributed by atoms with Crippen LogP contribution in [-0.4, -0.2) is 39.6 Å². The number of hydrogen-bond acceptors (Lipinski definition) is 5. The molecule has 0 unspecified atom stereocenters. The molecule has 0 aliphatic carbocycles. The van der Waals surface area contributed by atoms with Gasteiger partial charge in [-0.15, -0.1) is 0 Å². The SMILES string of the molecule is O=c1oc2cc(Br)ccc2c(O)c1[N+](=O)[O-].[NaH]. The van der Waals surface area contributed by atoms with Crippen LogP contribution in [0.25, 0.3) is 11.0 Å². The summed E-state index contributed by atoms with van der Waals surface area (Å²) in [7, 11) is 0. The van der Waals surface area contributed by atoms with Gasteiger partial charge in [-0.2, -0.15) is 0 Å². The molecule has 0 fully saturated rings. The molecule has 0 saturated carbocycles. The molecule has 1 aromatic heterocycles. The summed E-state index contributed by atoms with van der Waals surface area (Å²) in [4.78, 5) is 20.8. The second-order valence-electron chi connectivity index (χ2n) is 2.98. The molecule has 0 atom stereocenters. The molecule has 0 radical (unpaired) electrons. The van der Waals surface area contributed by atoms with Crippen LogP contribution < -0.4 is 5.63 Å². The van der Waals surface area contributed by atoms with Crippen LogP contribution in [0.4, 0.5) is 5.69 Å². The van der Waals surface area contributed by atoms with Crippen LogP contribution in [0.3, 0.4) is 0 Å². The molecule has 0 bridgehead atoms. The third kappa shape index (κ3) is 2.52. The van der Waals surface area contributed by atoms with Gasteiger partial charge in [0.05, 0.1) is 10.3 Å². The van der Waals surface area contributed by atoms with E-state index in [1.165, 1.54) is 12.1 Å². The zero-order valence-electron chi connectivity index (χ0n) is 7.64. The predicted molar refractivity (Wildman–Crippen MR) is 65.7 cm³/mol. The first-order valence-electron chi connectivity index (χ1n) is 4.10. The van der Waals surface area contributed by atoms with E-state index in [0.29, 0.717) is 4.47 Å². The van der Waals surface area contributed by atoms with Gasteiger partial charge in [-0.1, -0.05) is 15.9 Å². The normalized spacial score (nSPS) is 9.94. The number of nitro groups is 1. The molecule has 0 aliphatic rings. The van der Waals surface area contributed by atoms with E-state index in [9.17, 15) is 20.0 Å². The van der Waals surface area contributed by atoms with E-state index in [0.717, 1.165) is 0 Å². The molecule has 2 rings (SSSR count). The fourth-order valence-corrected chi connectivity index (χ4v) is 1.65. The summed E-state index contributed by atoms with van der Waals surface area (Å²) in [5, 5.41) is 20.2. The quantitative estimate of drug-likeness (QED) is 0.373. The molecule has 8 heteroatoms. The number of fused-ring (bicyclic) bond motifs is 1. The number of benzene rings is 1. The van der Waals surface area contributed by atoms with Crippen molar-refractivity contribution in [3.8, 4) is 5.75 Å². The zero-order valence-corrected chi connectivity index (χ0v) is 9.22. The molecule has 0 saturated heterocycles. The van der Waals surface area contributed by atoms with Crippen molar-refractivity contribution < 1.29 is 14.4 Å². The van der Waals surface area contributed by atoms with Crippen LogP contribution in [0.1, 0.15) is 0 Å². The van der Waals surface area contributed by atoms with E-state index >= 15 is 0 Å². The van der Waals surface area contributed by atoms with Crippen molar-refractivity contribution in [1.82, 2.24) is 0 Å². The standard InChI is InChI=1S/C9H4BrNO5.Na.H/c10-4-1-2-5-6(3-4)16-9(13)7(8(5)12)11(14)15;;/h1-3,12H;;. The van der Waals surface area contributed by atoms with Gasteiger partial charge < -0.3 is 9.52 Å². The molecular weight excluding hydrogens is 305 g/mol. The monoisotopic (exact) mass is 309 g/mol. The molecule has 6 nitrogen and oxygen atoms in total. The van der Waals surface area contributed by atoms with E-state index in [-0.39, 0.29) is 40.5 Å². The first-order valence-corrected chi connectivity index (χ1v) is 4.89. The van der Waals surface area contributed by atoms with Crippen molar-refractivity contribution in [3.63, 3.8) is 0 Å². The van der Waals surface area contributed by atoms with Crippen molar-refractivity contribution in [2.75, 3.05) is 0 Å². The van der Waals surface area contributed by atoms with Crippen LogP contribution in [0.15, 0.2) is 31.9 Å². The maximum atomic E-state index is 11.2. The fraction of sp³-hybridized carbons (Fsp3) is 0. The number of aromatic hydroxyl groups is 1. The Hall–Kier alpha value is -0.890. The zero-order chi connectivity index (χ0) is 11.9. The summed E-state index contributed by atoms with van der Waals surface area (Å²) in [5.41, 5.74) is -2.04. The summed E-state index contributed by atoms with van der Waals surface area (Å²) in [6.07, 6.45) is 0. The van der Waals surface area contributed by atoms with E-state index in [4.69, 9.17) is 4.42 Å². The third-order valence-corrected chi connectivity index (χ3v) is 2.49. The van der Waals surface area contributed by atoms with Crippen molar-refractivity contribution in [2.24, 2.45) is 0 Å². The van der Waals surface area contributed by atoms with Gasteiger partial charge in [-0.3, -0.25) is 10.1 Å². The second kappa shape index (κ2) is 5.18. The average molecular weight is 310 g/mol. The molecule has 0 spiro atoms. The molecule has 0 aliphatic heterocycles. The topological polar surface area (TPSA) is 93.6 Å². The number of hydrogen-bond donors (Lipinski definition) is 1. The van der Waals surface area contributed by atoms with Gasteiger partial charge in [0.25, 0.3) is 0 Å². The van der Waals surface area contributed by atoms with E-state index in [2.05, 4.69) is 15.9 Å². The van der Waals surface area contributed by atoms with Gasteiger partial charge in [-0.05, 0) is 18.2 Å². The molecule has 0 amide bonds. The minimum absolute atomic E-state index is 0. The molecule has 17 heavy (non-hydrogen) atoms. The summed E-state index contributed by atoms with van der Waals surface area (Å²) in [5.74, 6) is -0.677. The number of nitrogens with zero attached hydrogens (tertiary/aromatic N) is 1. The van der Waals surface area contributed by atoms with Crippen molar-refractivity contribution in [1.29, 1.82) is 0 Å². The maximum absolute atomic E-state index is 11.2. The Balaban J connectivity index is 0.00000144. The Morgan fingerprint density at radius 2 is 2.06 bits per heavy atom. The predicted octanol–water partition coefficient (Wildman–Crippen LogP) is 1.52. The van der Waals surface area contributed by atoms with Gasteiger partial charge in [0, 0.05) is 4.47 Å². The van der Waals surface area contributed by atoms with Crippen LogP contribution in [0.5, 0.6) is 5.75 Å². The summed E-state index contributed by atoms with van der Waals surface area (Å²) in [6.45, 7) is 0. The van der Waals surface area contributed by atoms with Gasteiger partial charge >= 0.3 is 40.9 Å². The average Bonchev–Trinajstić information content (AvgIpc) is 2.15. The summed E-state index contributed by atoms with van der Waals surface area (Å²) < 4.78 is 5.36. The molecule has 1 heterocycles.